The van der Waals surface area contributed by atoms with E-state index >= 15 is 0 Å². The lowest BCUT2D eigenvalue weighted by Gasteiger charge is -2.19. The molecule has 140 valence electrons. The van der Waals surface area contributed by atoms with Gasteiger partial charge in [0.25, 0.3) is 0 Å². The summed E-state index contributed by atoms with van der Waals surface area (Å²) >= 11 is 0. The van der Waals surface area contributed by atoms with E-state index in [4.69, 9.17) is 4.74 Å². The first-order chi connectivity index (χ1) is 12.8. The van der Waals surface area contributed by atoms with Gasteiger partial charge in [-0.15, -0.1) is 0 Å². The van der Waals surface area contributed by atoms with E-state index in [1.165, 1.54) is 0 Å². The van der Waals surface area contributed by atoms with Gasteiger partial charge in [-0.1, -0.05) is 42.5 Å². The Balaban J connectivity index is 1.77. The van der Waals surface area contributed by atoms with E-state index in [0.717, 1.165) is 34.9 Å². The normalized spacial score (nSPS) is 12.0. The van der Waals surface area contributed by atoms with Crippen molar-refractivity contribution in [2.75, 3.05) is 0 Å². The number of aromatic hydroxyl groups is 1. The molecule has 1 heterocycles. The lowest BCUT2D eigenvalue weighted by atomic mass is 10.1. The van der Waals surface area contributed by atoms with Gasteiger partial charge in [0.05, 0.1) is 5.52 Å². The maximum atomic E-state index is 12.5. The molecule has 0 radical (unpaired) electrons. The first kappa shape index (κ1) is 18.8. The number of carbonyl (C=O) groups excluding carboxylic acids is 1. The van der Waals surface area contributed by atoms with E-state index in [0.29, 0.717) is 0 Å². The highest BCUT2D eigenvalue weighted by molar-refractivity contribution is 5.92. The van der Waals surface area contributed by atoms with Crippen LogP contribution in [-0.4, -0.2) is 21.4 Å². The Morgan fingerprint density at radius 2 is 1.70 bits per heavy atom. The minimum Gasteiger partial charge on any atom is -0.508 e. The van der Waals surface area contributed by atoms with Crippen molar-refractivity contribution in [1.82, 2.24) is 4.57 Å². The topological polar surface area (TPSA) is 51.5 Å². The summed E-state index contributed by atoms with van der Waals surface area (Å²) < 4.78 is 7.11. The van der Waals surface area contributed by atoms with Crippen molar-refractivity contribution < 1.29 is 14.6 Å². The Bertz CT molecular complexity index is 959. The van der Waals surface area contributed by atoms with Crippen LogP contribution in [0.5, 0.6) is 5.75 Å². The zero-order valence-corrected chi connectivity index (χ0v) is 16.0. The Morgan fingerprint density at radius 3 is 2.41 bits per heavy atom. The molecule has 0 saturated carbocycles. The van der Waals surface area contributed by atoms with Gasteiger partial charge in [0.1, 0.15) is 11.4 Å². The second kappa shape index (κ2) is 7.70. The van der Waals surface area contributed by atoms with Gasteiger partial charge in [-0.05, 0) is 62.9 Å². The minimum absolute atomic E-state index is 0.276. The van der Waals surface area contributed by atoms with E-state index in [9.17, 15) is 9.90 Å². The molecule has 3 aromatic rings. The monoisotopic (exact) mass is 363 g/mol. The van der Waals surface area contributed by atoms with Crippen molar-refractivity contribution >= 4 is 17.0 Å². The summed E-state index contributed by atoms with van der Waals surface area (Å²) in [6, 6.07) is 15.1. The quantitative estimate of drug-likeness (QED) is 0.625. The number of rotatable bonds is 4. The maximum absolute atomic E-state index is 12.5. The lowest BCUT2D eigenvalue weighted by Crippen LogP contribution is -2.26. The second-order valence-electron chi connectivity index (χ2n) is 7.57. The van der Waals surface area contributed by atoms with Gasteiger partial charge in [0, 0.05) is 11.6 Å². The molecule has 0 amide bonds. The van der Waals surface area contributed by atoms with Crippen molar-refractivity contribution in [2.45, 2.75) is 39.2 Å². The van der Waals surface area contributed by atoms with Gasteiger partial charge in [-0.3, -0.25) is 4.57 Å². The van der Waals surface area contributed by atoms with Gasteiger partial charge in [0.2, 0.25) is 0 Å². The predicted molar refractivity (Wildman–Crippen MR) is 108 cm³/mol. The maximum Gasteiger partial charge on any atom is 0.419 e. The van der Waals surface area contributed by atoms with E-state index < -0.39 is 5.60 Å². The van der Waals surface area contributed by atoms with E-state index in [1.54, 1.807) is 16.7 Å². The van der Waals surface area contributed by atoms with E-state index in [1.807, 2.05) is 63.4 Å². The Hall–Kier alpha value is -3.01. The van der Waals surface area contributed by atoms with Crippen molar-refractivity contribution in [2.24, 2.45) is 0 Å². The van der Waals surface area contributed by atoms with Gasteiger partial charge in [-0.2, -0.15) is 0 Å². The van der Waals surface area contributed by atoms with Crippen molar-refractivity contribution in [3.05, 3.63) is 78.0 Å². The van der Waals surface area contributed by atoms with Crippen molar-refractivity contribution in [3.63, 3.8) is 0 Å². The highest BCUT2D eigenvalue weighted by Gasteiger charge is 2.20. The fourth-order valence-corrected chi connectivity index (χ4v) is 2.94. The molecule has 0 atom stereocenters. The second-order valence-corrected chi connectivity index (χ2v) is 7.57. The van der Waals surface area contributed by atoms with Crippen LogP contribution in [0.3, 0.4) is 0 Å². The first-order valence-corrected chi connectivity index (χ1v) is 9.09. The number of hydrogen-bond donors (Lipinski definition) is 1. The van der Waals surface area contributed by atoms with E-state index in [2.05, 4.69) is 12.2 Å². The van der Waals surface area contributed by atoms with Crippen LogP contribution >= 0.6 is 0 Å². The van der Waals surface area contributed by atoms with Gasteiger partial charge >= 0.3 is 6.09 Å². The number of phenolic OH excluding ortho intramolecular Hbond substituents is 1. The lowest BCUT2D eigenvalue weighted by molar-refractivity contribution is 0.0544. The van der Waals surface area contributed by atoms with Crippen molar-refractivity contribution in [1.29, 1.82) is 0 Å². The number of hydrogen-bond acceptors (Lipinski definition) is 3. The van der Waals surface area contributed by atoms with Crippen LogP contribution in [0, 0.1) is 0 Å². The van der Waals surface area contributed by atoms with E-state index in [-0.39, 0.29) is 11.8 Å². The zero-order chi connectivity index (χ0) is 19.4. The van der Waals surface area contributed by atoms with Crippen LogP contribution in [0.2, 0.25) is 0 Å². The molecule has 0 aliphatic rings. The van der Waals surface area contributed by atoms with Crippen LogP contribution < -0.4 is 0 Å². The summed E-state index contributed by atoms with van der Waals surface area (Å²) in [5.74, 6) is 0.276. The molecule has 1 N–H and O–H groups in total. The number of allylic oxidation sites excluding steroid dienone is 2. The third-order valence-corrected chi connectivity index (χ3v) is 4.18. The van der Waals surface area contributed by atoms with Crippen LogP contribution in [-0.2, 0) is 17.6 Å². The van der Waals surface area contributed by atoms with Crippen LogP contribution in [0.4, 0.5) is 4.79 Å². The van der Waals surface area contributed by atoms with Crippen LogP contribution in [0.25, 0.3) is 10.9 Å². The molecule has 0 aliphatic carbocycles. The third kappa shape index (κ3) is 4.79. The number of fused-ring (bicyclic) bond motifs is 1. The minimum atomic E-state index is -0.535. The van der Waals surface area contributed by atoms with Crippen LogP contribution in [0.1, 0.15) is 31.9 Å². The molecule has 0 unspecified atom stereocenters. The first-order valence-electron chi connectivity index (χ1n) is 9.09. The fourth-order valence-electron chi connectivity index (χ4n) is 2.94. The molecule has 4 nitrogen and oxygen atoms in total. The fraction of sp³-hybridized carbons (Fsp3) is 0.261. The summed E-state index contributed by atoms with van der Waals surface area (Å²) in [5.41, 5.74) is 2.54. The zero-order valence-electron chi connectivity index (χ0n) is 16.0. The summed E-state index contributed by atoms with van der Waals surface area (Å²) in [4.78, 5) is 12.5. The number of phenols is 1. The molecular formula is C23H25NO3. The third-order valence-electron chi connectivity index (χ3n) is 4.18. The largest absolute Gasteiger partial charge is 0.508 e. The van der Waals surface area contributed by atoms with Gasteiger partial charge < -0.3 is 9.84 Å². The summed E-state index contributed by atoms with van der Waals surface area (Å²) in [7, 11) is 0. The number of para-hydroxylation sites is 1. The molecule has 0 aliphatic heterocycles. The number of benzene rings is 2. The van der Waals surface area contributed by atoms with Gasteiger partial charge in [0.15, 0.2) is 0 Å². The smallest absolute Gasteiger partial charge is 0.419 e. The van der Waals surface area contributed by atoms with Crippen molar-refractivity contribution in [3.8, 4) is 5.75 Å². The highest BCUT2D eigenvalue weighted by Crippen LogP contribution is 2.23. The molecule has 0 bridgehead atoms. The van der Waals surface area contributed by atoms with Gasteiger partial charge in [-0.25, -0.2) is 4.79 Å². The molecule has 0 saturated heterocycles. The molecule has 27 heavy (non-hydrogen) atoms. The molecule has 4 heteroatoms. The molecule has 3 rings (SSSR count). The highest BCUT2D eigenvalue weighted by atomic mass is 16.6. The van der Waals surface area contributed by atoms with Crippen LogP contribution in [0.15, 0.2) is 66.9 Å². The summed E-state index contributed by atoms with van der Waals surface area (Å²) in [6.07, 6.45) is 7.24. The number of carbonyl (C=O) groups is 1. The predicted octanol–water partition coefficient (Wildman–Crippen LogP) is 5.47. The average molecular weight is 363 g/mol. The summed E-state index contributed by atoms with van der Waals surface area (Å²) in [6.45, 7) is 5.59. The Kier molecular flexibility index (Phi) is 5.36. The Morgan fingerprint density at radius 1 is 1.04 bits per heavy atom. The molecule has 0 fully saturated rings. The SMILES string of the molecule is CC(C)(C)OC(=O)n1cc(C/C=C\Cc2ccc(O)cc2)c2ccccc21. The standard InChI is InChI=1S/C23H25NO3/c1-23(2,3)27-22(26)24-16-18(20-10-6-7-11-21(20)24)9-5-4-8-17-12-14-19(25)15-13-17/h4-7,10-16,25H,8-9H2,1-3H3/b5-4-. The molecule has 2 aromatic carbocycles. The summed E-state index contributed by atoms with van der Waals surface area (Å²) in [5, 5.41) is 10.4. The number of ether oxygens (including phenoxy) is 1. The molecule has 0 spiro atoms. The average Bonchev–Trinajstić information content (AvgIpc) is 2.98. The number of aromatic nitrogens is 1. The molecular weight excluding hydrogens is 338 g/mol. The Labute approximate surface area is 159 Å². The number of nitrogens with zero attached hydrogens (tertiary/aromatic N) is 1. The molecule has 1 aromatic heterocycles.